The maximum Gasteiger partial charge on any atom is 0.163 e. The smallest absolute Gasteiger partial charge is 0.163 e. The van der Waals surface area contributed by atoms with Crippen molar-refractivity contribution in [2.24, 2.45) is 7.05 Å². The van der Waals surface area contributed by atoms with Crippen molar-refractivity contribution in [2.45, 2.75) is 19.9 Å². The number of hydrogen-bond donors (Lipinski definition) is 0. The molecule has 3 rings (SSSR count). The number of anilines is 1. The van der Waals surface area contributed by atoms with Crippen LogP contribution in [0.1, 0.15) is 24.1 Å². The van der Waals surface area contributed by atoms with Crippen molar-refractivity contribution in [3.8, 4) is 0 Å². The van der Waals surface area contributed by atoms with Gasteiger partial charge < -0.3 is 4.90 Å². The number of aromatic nitrogens is 4. The maximum absolute atomic E-state index is 4.46. The van der Waals surface area contributed by atoms with Crippen LogP contribution in [0.3, 0.4) is 0 Å². The van der Waals surface area contributed by atoms with E-state index in [2.05, 4.69) is 65.1 Å². The summed E-state index contributed by atoms with van der Waals surface area (Å²) in [5.41, 5.74) is 3.44. The molecule has 0 amide bonds. The zero-order chi connectivity index (χ0) is 15.0. The molecule has 0 radical (unpaired) electrons. The molecular formula is C16H19N5. The Hall–Kier alpha value is -2.43. The number of hydrogen-bond acceptors (Lipinski definition) is 4. The topological polar surface area (TPSA) is 46.8 Å². The highest BCUT2D eigenvalue weighted by atomic mass is 15.3. The van der Waals surface area contributed by atoms with Crippen molar-refractivity contribution in [2.75, 3.05) is 11.9 Å². The first kappa shape index (κ1) is 13.5. The van der Waals surface area contributed by atoms with Crippen molar-refractivity contribution in [1.29, 1.82) is 0 Å². The van der Waals surface area contributed by atoms with Gasteiger partial charge in [-0.15, -0.1) is 0 Å². The number of fused-ring (bicyclic) bond motifs is 1. The highest BCUT2D eigenvalue weighted by molar-refractivity contribution is 5.86. The van der Waals surface area contributed by atoms with Crippen LogP contribution in [0.2, 0.25) is 0 Å². The van der Waals surface area contributed by atoms with Crippen molar-refractivity contribution >= 4 is 16.9 Å². The standard InChI is InChI=1S/C16H19N5/c1-11-7-5-6-8-13(11)12(2)20(3)15-14-9-19-21(4)16(14)18-10-17-15/h5-10,12H,1-4H3. The van der Waals surface area contributed by atoms with Gasteiger partial charge in [0.05, 0.1) is 17.6 Å². The molecule has 21 heavy (non-hydrogen) atoms. The van der Waals surface area contributed by atoms with E-state index in [0.29, 0.717) is 0 Å². The quantitative estimate of drug-likeness (QED) is 0.740. The van der Waals surface area contributed by atoms with Crippen LogP contribution in [0.4, 0.5) is 5.82 Å². The van der Waals surface area contributed by atoms with Crippen LogP contribution in [-0.4, -0.2) is 26.8 Å². The third-order valence-electron chi connectivity index (χ3n) is 4.06. The van der Waals surface area contributed by atoms with Crippen LogP contribution >= 0.6 is 0 Å². The number of nitrogens with zero attached hydrogens (tertiary/aromatic N) is 5. The highest BCUT2D eigenvalue weighted by Gasteiger charge is 2.18. The molecule has 0 aliphatic carbocycles. The Morgan fingerprint density at radius 2 is 1.95 bits per heavy atom. The number of benzene rings is 1. The SMILES string of the molecule is Cc1ccccc1C(C)N(C)c1ncnc2c1cnn2C. The van der Waals surface area contributed by atoms with Crippen molar-refractivity contribution in [1.82, 2.24) is 19.7 Å². The minimum Gasteiger partial charge on any atom is -0.352 e. The summed E-state index contributed by atoms with van der Waals surface area (Å²) < 4.78 is 1.77. The molecule has 2 heterocycles. The molecule has 0 aliphatic rings. The second-order valence-corrected chi connectivity index (χ2v) is 5.35. The largest absolute Gasteiger partial charge is 0.352 e. The molecule has 0 saturated heterocycles. The first-order valence-electron chi connectivity index (χ1n) is 7.00. The lowest BCUT2D eigenvalue weighted by atomic mass is 10.0. The van der Waals surface area contributed by atoms with Gasteiger partial charge in [-0.05, 0) is 25.0 Å². The summed E-state index contributed by atoms with van der Waals surface area (Å²) in [5, 5.41) is 5.25. The fourth-order valence-corrected chi connectivity index (χ4v) is 2.68. The molecule has 0 aliphatic heterocycles. The van der Waals surface area contributed by atoms with E-state index in [1.54, 1.807) is 11.0 Å². The van der Waals surface area contributed by atoms with Gasteiger partial charge in [0, 0.05) is 14.1 Å². The van der Waals surface area contributed by atoms with E-state index in [1.807, 2.05) is 13.2 Å². The van der Waals surface area contributed by atoms with Crippen LogP contribution < -0.4 is 4.90 Å². The van der Waals surface area contributed by atoms with Gasteiger partial charge in [0.1, 0.15) is 12.1 Å². The highest BCUT2D eigenvalue weighted by Crippen LogP contribution is 2.29. The van der Waals surface area contributed by atoms with E-state index in [0.717, 1.165) is 16.9 Å². The van der Waals surface area contributed by atoms with E-state index in [-0.39, 0.29) is 6.04 Å². The molecule has 5 heteroatoms. The molecule has 0 fully saturated rings. The van der Waals surface area contributed by atoms with E-state index in [1.165, 1.54) is 11.1 Å². The van der Waals surface area contributed by atoms with Gasteiger partial charge in [0.25, 0.3) is 0 Å². The first-order valence-corrected chi connectivity index (χ1v) is 7.00. The third-order valence-corrected chi connectivity index (χ3v) is 4.06. The minimum absolute atomic E-state index is 0.226. The average molecular weight is 281 g/mol. The zero-order valence-electron chi connectivity index (χ0n) is 12.8. The number of aryl methyl sites for hydroxylation is 2. The molecule has 0 spiro atoms. The molecule has 1 aromatic carbocycles. The van der Waals surface area contributed by atoms with Gasteiger partial charge in [-0.2, -0.15) is 5.10 Å². The molecule has 0 bridgehead atoms. The van der Waals surface area contributed by atoms with Crippen molar-refractivity contribution in [3.05, 3.63) is 47.9 Å². The Morgan fingerprint density at radius 3 is 2.71 bits per heavy atom. The van der Waals surface area contributed by atoms with Crippen LogP contribution in [0.25, 0.3) is 11.0 Å². The summed E-state index contributed by atoms with van der Waals surface area (Å²) in [6.07, 6.45) is 3.42. The Labute approximate surface area is 124 Å². The minimum atomic E-state index is 0.226. The van der Waals surface area contributed by atoms with Crippen LogP contribution in [0.15, 0.2) is 36.8 Å². The molecule has 108 valence electrons. The summed E-state index contributed by atoms with van der Waals surface area (Å²) in [6, 6.07) is 8.67. The summed E-state index contributed by atoms with van der Waals surface area (Å²) in [6.45, 7) is 4.33. The monoisotopic (exact) mass is 281 g/mol. The Balaban J connectivity index is 2.04. The van der Waals surface area contributed by atoms with Gasteiger partial charge >= 0.3 is 0 Å². The summed E-state index contributed by atoms with van der Waals surface area (Å²) in [7, 11) is 3.95. The summed E-state index contributed by atoms with van der Waals surface area (Å²) >= 11 is 0. The van der Waals surface area contributed by atoms with Crippen LogP contribution in [-0.2, 0) is 7.05 Å². The maximum atomic E-state index is 4.46. The molecular weight excluding hydrogens is 262 g/mol. The van der Waals surface area contributed by atoms with Crippen molar-refractivity contribution in [3.63, 3.8) is 0 Å². The molecule has 3 aromatic rings. The molecule has 1 atom stereocenters. The molecule has 0 N–H and O–H groups in total. The number of rotatable bonds is 3. The fraction of sp³-hybridized carbons (Fsp3) is 0.312. The van der Waals surface area contributed by atoms with E-state index in [4.69, 9.17) is 0 Å². The van der Waals surface area contributed by atoms with Crippen LogP contribution in [0.5, 0.6) is 0 Å². The van der Waals surface area contributed by atoms with Crippen LogP contribution in [0, 0.1) is 6.92 Å². The Bertz CT molecular complexity index is 777. The second-order valence-electron chi connectivity index (χ2n) is 5.35. The summed E-state index contributed by atoms with van der Waals surface area (Å²) in [4.78, 5) is 10.9. The Kier molecular flexibility index (Phi) is 3.33. The fourth-order valence-electron chi connectivity index (χ4n) is 2.68. The third kappa shape index (κ3) is 2.24. The normalized spacial score (nSPS) is 12.6. The predicted molar refractivity (Wildman–Crippen MR) is 84.3 cm³/mol. The average Bonchev–Trinajstić information content (AvgIpc) is 2.88. The molecule has 1 unspecified atom stereocenters. The summed E-state index contributed by atoms with van der Waals surface area (Å²) in [5.74, 6) is 0.906. The molecule has 0 saturated carbocycles. The van der Waals surface area contributed by atoms with Gasteiger partial charge in [-0.1, -0.05) is 24.3 Å². The van der Waals surface area contributed by atoms with Gasteiger partial charge in [0.15, 0.2) is 5.65 Å². The van der Waals surface area contributed by atoms with E-state index in [9.17, 15) is 0 Å². The van der Waals surface area contributed by atoms with E-state index >= 15 is 0 Å². The van der Waals surface area contributed by atoms with Gasteiger partial charge in [-0.25, -0.2) is 9.97 Å². The lowest BCUT2D eigenvalue weighted by Crippen LogP contribution is -2.23. The first-order chi connectivity index (χ1) is 10.1. The van der Waals surface area contributed by atoms with E-state index < -0.39 is 0 Å². The van der Waals surface area contributed by atoms with Crippen molar-refractivity contribution < 1.29 is 0 Å². The zero-order valence-corrected chi connectivity index (χ0v) is 12.8. The van der Waals surface area contributed by atoms with Gasteiger partial charge in [0.2, 0.25) is 0 Å². The molecule has 5 nitrogen and oxygen atoms in total. The Morgan fingerprint density at radius 1 is 1.19 bits per heavy atom. The second kappa shape index (κ2) is 5.16. The lowest BCUT2D eigenvalue weighted by molar-refractivity contribution is 0.725. The molecule has 2 aromatic heterocycles. The van der Waals surface area contributed by atoms with Gasteiger partial charge in [-0.3, -0.25) is 4.68 Å². The predicted octanol–water partition coefficient (Wildman–Crippen LogP) is 2.87. The lowest BCUT2D eigenvalue weighted by Gasteiger charge is -2.27.